The summed E-state index contributed by atoms with van der Waals surface area (Å²) in [5, 5.41) is 0. The minimum absolute atomic E-state index is 0.0537. The van der Waals surface area contributed by atoms with Gasteiger partial charge in [0.25, 0.3) is 0 Å². The molecule has 2 aromatic rings. The Morgan fingerprint density at radius 2 is 1.53 bits per heavy atom. The Morgan fingerprint density at radius 3 is 2.16 bits per heavy atom. The van der Waals surface area contributed by atoms with Crippen molar-refractivity contribution in [3.05, 3.63) is 95.0 Å². The Balaban J connectivity index is 1.24. The SMILES string of the molecule is Fc1ccc(C(c2ccc(F)cc2)C2CCN(CC3COC4=C(C=CCC4)O3)CC2)cc1. The van der Waals surface area contributed by atoms with E-state index in [9.17, 15) is 8.78 Å². The van der Waals surface area contributed by atoms with Crippen molar-refractivity contribution in [2.45, 2.75) is 37.7 Å². The predicted octanol–water partition coefficient (Wildman–Crippen LogP) is 5.79. The first-order valence-corrected chi connectivity index (χ1v) is 11.6. The Labute approximate surface area is 188 Å². The van der Waals surface area contributed by atoms with Gasteiger partial charge >= 0.3 is 0 Å². The summed E-state index contributed by atoms with van der Waals surface area (Å²) in [7, 11) is 0. The molecule has 2 heterocycles. The third kappa shape index (κ3) is 4.73. The first-order valence-electron chi connectivity index (χ1n) is 11.6. The molecule has 168 valence electrons. The van der Waals surface area contributed by atoms with Gasteiger partial charge in [0, 0.05) is 18.9 Å². The van der Waals surface area contributed by atoms with Gasteiger partial charge in [-0.05, 0) is 79.7 Å². The molecule has 3 nitrogen and oxygen atoms in total. The second-order valence-corrected chi connectivity index (χ2v) is 9.00. The van der Waals surface area contributed by atoms with E-state index in [0.29, 0.717) is 12.5 Å². The van der Waals surface area contributed by atoms with Crippen LogP contribution in [0.15, 0.2) is 72.2 Å². The summed E-state index contributed by atoms with van der Waals surface area (Å²) in [5.74, 6) is 1.97. The first kappa shape index (κ1) is 21.2. The molecule has 0 N–H and O–H groups in total. The van der Waals surface area contributed by atoms with E-state index in [1.54, 1.807) is 0 Å². The van der Waals surface area contributed by atoms with Crippen molar-refractivity contribution in [3.63, 3.8) is 0 Å². The maximum atomic E-state index is 13.5. The molecule has 5 heteroatoms. The minimum Gasteiger partial charge on any atom is -0.490 e. The average molecular weight is 438 g/mol. The minimum atomic E-state index is -0.234. The van der Waals surface area contributed by atoms with Crippen LogP contribution in [-0.4, -0.2) is 37.2 Å². The van der Waals surface area contributed by atoms with E-state index in [1.165, 1.54) is 24.3 Å². The molecular formula is C27H29F2NO2. The van der Waals surface area contributed by atoms with Crippen LogP contribution in [0.5, 0.6) is 0 Å². The summed E-state index contributed by atoms with van der Waals surface area (Å²) >= 11 is 0. The molecule has 32 heavy (non-hydrogen) atoms. The fraction of sp³-hybridized carbons (Fsp3) is 0.407. The highest BCUT2D eigenvalue weighted by Gasteiger charge is 2.31. The van der Waals surface area contributed by atoms with Crippen molar-refractivity contribution < 1.29 is 18.3 Å². The molecule has 0 spiro atoms. The summed E-state index contributed by atoms with van der Waals surface area (Å²) in [6.07, 6.45) is 8.23. The maximum absolute atomic E-state index is 13.5. The van der Waals surface area contributed by atoms with E-state index >= 15 is 0 Å². The Morgan fingerprint density at radius 1 is 0.906 bits per heavy atom. The molecule has 0 radical (unpaired) electrons. The number of halogens is 2. The van der Waals surface area contributed by atoms with E-state index in [2.05, 4.69) is 11.0 Å². The molecule has 1 fully saturated rings. The molecule has 1 atom stereocenters. The number of piperidine rings is 1. The molecule has 2 aliphatic heterocycles. The zero-order chi connectivity index (χ0) is 21.9. The standard InChI is InChI=1S/C27H29F2NO2/c28-22-9-5-19(6-10-22)27(20-7-11-23(29)12-8-20)21-13-15-30(16-14-21)17-24-18-31-25-3-1-2-4-26(25)32-24/h2,4-12,21,24,27H,1,3,13-18H2. The zero-order valence-corrected chi connectivity index (χ0v) is 18.2. The number of nitrogens with zero attached hydrogens (tertiary/aromatic N) is 1. The largest absolute Gasteiger partial charge is 0.490 e. The van der Waals surface area contributed by atoms with Gasteiger partial charge in [0.05, 0.1) is 0 Å². The van der Waals surface area contributed by atoms with Crippen LogP contribution in [0.4, 0.5) is 8.78 Å². The quantitative estimate of drug-likeness (QED) is 0.591. The Hall–Kier alpha value is -2.66. The number of ether oxygens (including phenoxy) is 2. The van der Waals surface area contributed by atoms with Gasteiger partial charge in [0.15, 0.2) is 5.76 Å². The van der Waals surface area contributed by atoms with Crippen LogP contribution in [0, 0.1) is 17.6 Å². The van der Waals surface area contributed by atoms with Crippen molar-refractivity contribution in [2.24, 2.45) is 5.92 Å². The molecule has 0 amide bonds. The second kappa shape index (κ2) is 9.45. The lowest BCUT2D eigenvalue weighted by molar-refractivity contribution is -0.0237. The number of rotatable bonds is 5. The van der Waals surface area contributed by atoms with Crippen LogP contribution >= 0.6 is 0 Å². The summed E-state index contributed by atoms with van der Waals surface area (Å²) < 4.78 is 39.2. The predicted molar refractivity (Wildman–Crippen MR) is 120 cm³/mol. The lowest BCUT2D eigenvalue weighted by atomic mass is 9.76. The van der Waals surface area contributed by atoms with Gasteiger partial charge in [0.2, 0.25) is 0 Å². The van der Waals surface area contributed by atoms with Crippen molar-refractivity contribution in [2.75, 3.05) is 26.2 Å². The topological polar surface area (TPSA) is 21.7 Å². The molecule has 5 rings (SSSR count). The molecule has 3 aliphatic rings. The van der Waals surface area contributed by atoms with Gasteiger partial charge in [-0.15, -0.1) is 0 Å². The van der Waals surface area contributed by atoms with Crippen molar-refractivity contribution in [1.29, 1.82) is 0 Å². The number of hydrogen-bond acceptors (Lipinski definition) is 3. The van der Waals surface area contributed by atoms with Crippen LogP contribution in [0.25, 0.3) is 0 Å². The van der Waals surface area contributed by atoms with Gasteiger partial charge < -0.3 is 9.47 Å². The van der Waals surface area contributed by atoms with E-state index in [0.717, 1.165) is 68.0 Å². The average Bonchev–Trinajstić information content (AvgIpc) is 2.83. The molecule has 0 saturated carbocycles. The van der Waals surface area contributed by atoms with E-state index in [-0.39, 0.29) is 23.7 Å². The van der Waals surface area contributed by atoms with Crippen molar-refractivity contribution >= 4 is 0 Å². The Kier molecular flexibility index (Phi) is 6.26. The molecule has 2 aromatic carbocycles. The van der Waals surface area contributed by atoms with E-state index in [1.807, 2.05) is 30.3 Å². The van der Waals surface area contributed by atoms with Gasteiger partial charge in [-0.2, -0.15) is 0 Å². The lowest BCUT2D eigenvalue weighted by Crippen LogP contribution is -2.43. The van der Waals surface area contributed by atoms with Gasteiger partial charge in [-0.3, -0.25) is 4.90 Å². The molecule has 1 aliphatic carbocycles. The number of benzene rings is 2. The van der Waals surface area contributed by atoms with Crippen LogP contribution in [0.2, 0.25) is 0 Å². The highest BCUT2D eigenvalue weighted by molar-refractivity contribution is 5.34. The van der Waals surface area contributed by atoms with E-state index < -0.39 is 0 Å². The first-order chi connectivity index (χ1) is 15.7. The van der Waals surface area contributed by atoms with Crippen LogP contribution in [0.1, 0.15) is 42.7 Å². The van der Waals surface area contributed by atoms with Crippen LogP contribution in [0.3, 0.4) is 0 Å². The highest BCUT2D eigenvalue weighted by Crippen LogP contribution is 2.38. The molecular weight excluding hydrogens is 408 g/mol. The molecule has 0 aromatic heterocycles. The van der Waals surface area contributed by atoms with Gasteiger partial charge in [-0.1, -0.05) is 30.3 Å². The third-order valence-electron chi connectivity index (χ3n) is 6.84. The van der Waals surface area contributed by atoms with Crippen LogP contribution in [-0.2, 0) is 9.47 Å². The summed E-state index contributed by atoms with van der Waals surface area (Å²) in [6, 6.07) is 13.5. The van der Waals surface area contributed by atoms with E-state index in [4.69, 9.17) is 9.47 Å². The van der Waals surface area contributed by atoms with Crippen LogP contribution < -0.4 is 0 Å². The fourth-order valence-corrected chi connectivity index (χ4v) is 5.20. The maximum Gasteiger partial charge on any atom is 0.157 e. The van der Waals surface area contributed by atoms with Gasteiger partial charge in [0.1, 0.15) is 30.1 Å². The second-order valence-electron chi connectivity index (χ2n) is 9.00. The third-order valence-corrected chi connectivity index (χ3v) is 6.84. The van der Waals surface area contributed by atoms with Gasteiger partial charge in [-0.25, -0.2) is 8.78 Å². The van der Waals surface area contributed by atoms with Crippen molar-refractivity contribution in [3.8, 4) is 0 Å². The highest BCUT2D eigenvalue weighted by atomic mass is 19.1. The molecule has 1 saturated heterocycles. The summed E-state index contributed by atoms with van der Waals surface area (Å²) in [6.45, 7) is 3.42. The number of allylic oxidation sites excluding steroid dienone is 3. The Bertz CT molecular complexity index is 930. The number of hydrogen-bond donors (Lipinski definition) is 0. The summed E-state index contributed by atoms with van der Waals surface area (Å²) in [5.41, 5.74) is 2.17. The number of likely N-dealkylation sites (tertiary alicyclic amines) is 1. The monoisotopic (exact) mass is 437 g/mol. The molecule has 0 bridgehead atoms. The molecule has 1 unspecified atom stereocenters. The normalized spacial score (nSPS) is 21.9. The zero-order valence-electron chi connectivity index (χ0n) is 18.2. The smallest absolute Gasteiger partial charge is 0.157 e. The van der Waals surface area contributed by atoms with Crippen molar-refractivity contribution in [1.82, 2.24) is 4.90 Å². The fourth-order valence-electron chi connectivity index (χ4n) is 5.20. The summed E-state index contributed by atoms with van der Waals surface area (Å²) in [4.78, 5) is 2.45. The lowest BCUT2D eigenvalue weighted by Gasteiger charge is -2.39.